The van der Waals surface area contributed by atoms with Crippen LogP contribution in [0.5, 0.6) is 0 Å². The molecular formula is C22H19ClF3N5O2S. The van der Waals surface area contributed by atoms with Crippen molar-refractivity contribution in [1.29, 1.82) is 0 Å². The van der Waals surface area contributed by atoms with Crippen LogP contribution in [0.3, 0.4) is 0 Å². The Balaban J connectivity index is 1.64. The number of halogens is 4. The predicted molar refractivity (Wildman–Crippen MR) is 125 cm³/mol. The van der Waals surface area contributed by atoms with Crippen molar-refractivity contribution < 1.29 is 22.8 Å². The van der Waals surface area contributed by atoms with Gasteiger partial charge in [-0.05, 0) is 30.3 Å². The minimum absolute atomic E-state index is 0.0108. The zero-order valence-electron chi connectivity index (χ0n) is 17.6. The highest BCUT2D eigenvalue weighted by atomic mass is 35.5. The first kappa shape index (κ1) is 25.3. The van der Waals surface area contributed by atoms with Gasteiger partial charge < -0.3 is 15.2 Å². The largest absolute Gasteiger partial charge is 0.416 e. The van der Waals surface area contributed by atoms with Crippen molar-refractivity contribution in [3.05, 3.63) is 77.6 Å². The molecule has 0 radical (unpaired) electrons. The van der Waals surface area contributed by atoms with E-state index in [0.717, 1.165) is 23.9 Å². The Morgan fingerprint density at radius 3 is 2.56 bits per heavy atom. The minimum atomic E-state index is -4.52. The Morgan fingerprint density at radius 2 is 1.85 bits per heavy atom. The molecule has 0 spiro atoms. The summed E-state index contributed by atoms with van der Waals surface area (Å²) in [5.41, 5.74) is -0.372. The summed E-state index contributed by atoms with van der Waals surface area (Å²) < 4.78 is 40.3. The first-order chi connectivity index (χ1) is 16.2. The molecule has 0 aliphatic heterocycles. The maximum absolute atomic E-state index is 12.9. The van der Waals surface area contributed by atoms with E-state index in [1.807, 2.05) is 0 Å². The van der Waals surface area contributed by atoms with Crippen LogP contribution in [0.25, 0.3) is 0 Å². The SMILES string of the molecule is C=CCn1c(CC(=O)Nc2cccc(C(F)(F)F)c2)nnc1SCC(=O)Nc1ccccc1Cl. The molecule has 0 atom stereocenters. The second-order valence-corrected chi connectivity index (χ2v) is 8.27. The van der Waals surface area contributed by atoms with Gasteiger partial charge in [-0.25, -0.2) is 0 Å². The third-order valence-electron chi connectivity index (χ3n) is 4.38. The number of rotatable bonds is 9. The van der Waals surface area contributed by atoms with E-state index in [2.05, 4.69) is 27.4 Å². The van der Waals surface area contributed by atoms with E-state index in [-0.39, 0.29) is 36.1 Å². The molecule has 0 saturated carbocycles. The van der Waals surface area contributed by atoms with Crippen molar-refractivity contribution in [2.24, 2.45) is 0 Å². The van der Waals surface area contributed by atoms with Crippen molar-refractivity contribution >= 4 is 46.6 Å². The van der Waals surface area contributed by atoms with Gasteiger partial charge in [-0.1, -0.05) is 47.6 Å². The average molecular weight is 510 g/mol. The molecule has 0 aliphatic rings. The van der Waals surface area contributed by atoms with Gasteiger partial charge >= 0.3 is 6.18 Å². The molecule has 1 aromatic heterocycles. The highest BCUT2D eigenvalue weighted by Gasteiger charge is 2.30. The van der Waals surface area contributed by atoms with Crippen LogP contribution in [0.15, 0.2) is 66.3 Å². The van der Waals surface area contributed by atoms with Gasteiger partial charge in [0.1, 0.15) is 5.82 Å². The number of hydrogen-bond acceptors (Lipinski definition) is 5. The lowest BCUT2D eigenvalue weighted by Gasteiger charge is -2.11. The zero-order chi connectivity index (χ0) is 24.7. The zero-order valence-corrected chi connectivity index (χ0v) is 19.2. The summed E-state index contributed by atoms with van der Waals surface area (Å²) in [6.45, 7) is 3.94. The number of thioether (sulfide) groups is 1. The average Bonchev–Trinajstić information content (AvgIpc) is 3.15. The molecule has 0 aliphatic carbocycles. The number of nitrogens with zero attached hydrogens (tertiary/aromatic N) is 3. The highest BCUT2D eigenvalue weighted by Crippen LogP contribution is 2.30. The van der Waals surface area contributed by atoms with Crippen LogP contribution in [0.1, 0.15) is 11.4 Å². The Morgan fingerprint density at radius 1 is 1.09 bits per heavy atom. The van der Waals surface area contributed by atoms with Crippen LogP contribution in [0.2, 0.25) is 5.02 Å². The van der Waals surface area contributed by atoms with Crippen molar-refractivity contribution in [1.82, 2.24) is 14.8 Å². The van der Waals surface area contributed by atoms with E-state index in [9.17, 15) is 22.8 Å². The maximum atomic E-state index is 12.9. The fourth-order valence-electron chi connectivity index (χ4n) is 2.87. The van der Waals surface area contributed by atoms with Gasteiger partial charge in [-0.15, -0.1) is 16.8 Å². The molecule has 3 rings (SSSR count). The number of carbonyl (C=O) groups excluding carboxylic acids is 2. The maximum Gasteiger partial charge on any atom is 0.416 e. The number of nitrogens with one attached hydrogen (secondary N) is 2. The van der Waals surface area contributed by atoms with Crippen molar-refractivity contribution in [2.45, 2.75) is 24.3 Å². The minimum Gasteiger partial charge on any atom is -0.326 e. The fraction of sp³-hybridized carbons (Fsp3) is 0.182. The van der Waals surface area contributed by atoms with Gasteiger partial charge in [0.25, 0.3) is 0 Å². The quantitative estimate of drug-likeness (QED) is 0.311. The number of allylic oxidation sites excluding steroid dienone is 1. The molecule has 2 aromatic carbocycles. The third-order valence-corrected chi connectivity index (χ3v) is 5.67. The van der Waals surface area contributed by atoms with Crippen LogP contribution >= 0.6 is 23.4 Å². The summed E-state index contributed by atoms with van der Waals surface area (Å²) in [7, 11) is 0. The first-order valence-electron chi connectivity index (χ1n) is 9.84. The lowest BCUT2D eigenvalue weighted by molar-refractivity contribution is -0.137. The summed E-state index contributed by atoms with van der Waals surface area (Å²) in [6.07, 6.45) is -3.18. The standard InChI is InChI=1S/C22H19ClF3N5O2S/c1-2-10-31-18(12-19(32)27-15-7-5-6-14(11-15)22(24,25)26)29-30-21(31)34-13-20(33)28-17-9-4-3-8-16(17)23/h2-9,11H,1,10,12-13H2,(H,27,32)(H,28,33). The number of para-hydroxylation sites is 1. The van der Waals surface area contributed by atoms with Gasteiger partial charge in [0.05, 0.1) is 28.4 Å². The second-order valence-electron chi connectivity index (χ2n) is 6.92. The summed E-state index contributed by atoms with van der Waals surface area (Å²) in [5.74, 6) is -0.588. The monoisotopic (exact) mass is 509 g/mol. The molecule has 3 aromatic rings. The van der Waals surface area contributed by atoms with Gasteiger partial charge in [-0.3, -0.25) is 9.59 Å². The Hall–Kier alpha value is -3.31. The van der Waals surface area contributed by atoms with Crippen LogP contribution in [-0.2, 0) is 28.7 Å². The van der Waals surface area contributed by atoms with Gasteiger partial charge in [-0.2, -0.15) is 13.2 Å². The van der Waals surface area contributed by atoms with Crippen molar-refractivity contribution in [3.63, 3.8) is 0 Å². The molecular weight excluding hydrogens is 491 g/mol. The van der Waals surface area contributed by atoms with E-state index >= 15 is 0 Å². The van der Waals surface area contributed by atoms with E-state index in [1.165, 1.54) is 12.1 Å². The Kier molecular flexibility index (Phi) is 8.35. The van der Waals surface area contributed by atoms with E-state index in [0.29, 0.717) is 15.9 Å². The first-order valence-corrected chi connectivity index (χ1v) is 11.2. The number of hydrogen-bond donors (Lipinski definition) is 2. The van der Waals surface area contributed by atoms with Crippen LogP contribution in [0, 0.1) is 0 Å². The number of benzene rings is 2. The van der Waals surface area contributed by atoms with E-state index in [4.69, 9.17) is 11.6 Å². The topological polar surface area (TPSA) is 88.9 Å². The number of carbonyl (C=O) groups is 2. The van der Waals surface area contributed by atoms with Crippen LogP contribution in [0.4, 0.5) is 24.5 Å². The molecule has 0 fully saturated rings. The van der Waals surface area contributed by atoms with Crippen LogP contribution < -0.4 is 10.6 Å². The van der Waals surface area contributed by atoms with E-state index < -0.39 is 17.6 Å². The molecule has 2 N–H and O–H groups in total. The highest BCUT2D eigenvalue weighted by molar-refractivity contribution is 7.99. The van der Waals surface area contributed by atoms with Gasteiger partial charge in [0.2, 0.25) is 11.8 Å². The number of anilines is 2. The normalized spacial score (nSPS) is 11.2. The summed E-state index contributed by atoms with van der Waals surface area (Å²) in [6, 6.07) is 11.2. The fourth-order valence-corrected chi connectivity index (χ4v) is 3.82. The smallest absolute Gasteiger partial charge is 0.326 e. The number of amides is 2. The van der Waals surface area contributed by atoms with Crippen molar-refractivity contribution in [2.75, 3.05) is 16.4 Å². The Labute approximate surface area is 202 Å². The summed E-state index contributed by atoms with van der Waals surface area (Å²) in [4.78, 5) is 24.7. The lowest BCUT2D eigenvalue weighted by atomic mass is 10.2. The molecule has 0 bridgehead atoms. The van der Waals surface area contributed by atoms with Crippen LogP contribution in [-0.4, -0.2) is 32.3 Å². The molecule has 34 heavy (non-hydrogen) atoms. The molecule has 0 saturated heterocycles. The Bertz CT molecular complexity index is 1200. The second kappa shape index (κ2) is 11.2. The lowest BCUT2D eigenvalue weighted by Crippen LogP contribution is -2.18. The predicted octanol–water partition coefficient (Wildman–Crippen LogP) is 5.05. The number of alkyl halides is 3. The van der Waals surface area contributed by atoms with Gasteiger partial charge in [0, 0.05) is 12.2 Å². The summed E-state index contributed by atoms with van der Waals surface area (Å²) >= 11 is 7.15. The number of aromatic nitrogens is 3. The third kappa shape index (κ3) is 6.84. The molecule has 7 nitrogen and oxygen atoms in total. The molecule has 0 unspecified atom stereocenters. The molecule has 12 heteroatoms. The molecule has 178 valence electrons. The molecule has 2 amide bonds. The van der Waals surface area contributed by atoms with Crippen molar-refractivity contribution in [3.8, 4) is 0 Å². The van der Waals surface area contributed by atoms with E-state index in [1.54, 1.807) is 34.9 Å². The molecule has 1 heterocycles. The summed E-state index contributed by atoms with van der Waals surface area (Å²) in [5, 5.41) is 14.0. The van der Waals surface area contributed by atoms with Gasteiger partial charge in [0.15, 0.2) is 5.16 Å².